The summed E-state index contributed by atoms with van der Waals surface area (Å²) in [5.74, 6) is 0.0468. The van der Waals surface area contributed by atoms with Gasteiger partial charge in [0, 0.05) is 5.25 Å². The number of halogens is 1. The minimum atomic E-state index is -0.358. The number of carbonyl (C=O) groups is 2. The summed E-state index contributed by atoms with van der Waals surface area (Å²) in [6.07, 6.45) is 0.919. The van der Waals surface area contributed by atoms with Crippen LogP contribution in [-0.2, 0) is 9.59 Å². The van der Waals surface area contributed by atoms with Gasteiger partial charge in [-0.15, -0.1) is 11.8 Å². The Labute approximate surface area is 174 Å². The Morgan fingerprint density at radius 2 is 1.71 bits per heavy atom. The third-order valence-electron chi connectivity index (χ3n) is 4.10. The summed E-state index contributed by atoms with van der Waals surface area (Å²) in [5.41, 5.74) is 1.50. The Balaban J connectivity index is 2.02. The Morgan fingerprint density at radius 1 is 1.04 bits per heavy atom. The molecule has 0 atom stereocenters. The van der Waals surface area contributed by atoms with Gasteiger partial charge in [0.1, 0.15) is 5.75 Å². The van der Waals surface area contributed by atoms with E-state index in [4.69, 9.17) is 16.3 Å². The van der Waals surface area contributed by atoms with E-state index in [1.807, 2.05) is 45.0 Å². The van der Waals surface area contributed by atoms with Crippen molar-refractivity contribution in [2.75, 3.05) is 11.5 Å². The van der Waals surface area contributed by atoms with E-state index in [0.717, 1.165) is 12.2 Å². The number of carbonyl (C=O) groups excluding carboxylic acids is 2. The smallest absolute Gasteiger partial charge is 0.272 e. The van der Waals surface area contributed by atoms with E-state index in [1.54, 1.807) is 24.3 Å². The number of rotatable bonds is 7. The summed E-state index contributed by atoms with van der Waals surface area (Å²) in [7, 11) is 0. The summed E-state index contributed by atoms with van der Waals surface area (Å²) in [6, 6.07) is 14.2. The van der Waals surface area contributed by atoms with Gasteiger partial charge in [-0.3, -0.25) is 9.59 Å². The Hall–Kier alpha value is -2.24. The molecule has 3 rings (SSSR count). The molecule has 0 unspecified atom stereocenters. The zero-order valence-corrected chi connectivity index (χ0v) is 17.6. The van der Waals surface area contributed by atoms with Crippen LogP contribution in [0.3, 0.4) is 0 Å². The number of anilines is 1. The average Bonchev–Trinajstić information content (AvgIpc) is 2.91. The number of amides is 2. The molecule has 1 heterocycles. The molecule has 2 amide bonds. The summed E-state index contributed by atoms with van der Waals surface area (Å²) >= 11 is 7.66. The number of hydrogen-bond donors (Lipinski definition) is 0. The standard InChI is InChI=1S/C22H22ClNO3S/c1-4-13-27-16-11-9-15(10-12-16)19-20(28-14(2)3)22(26)24(21(19)25)18-8-6-5-7-17(18)23/h5-12,14H,4,13H2,1-3H3. The SMILES string of the molecule is CCCOc1ccc(C2=C(SC(C)C)C(=O)N(c3ccccc3Cl)C2=O)cc1. The first-order valence-electron chi connectivity index (χ1n) is 9.21. The van der Waals surface area contributed by atoms with Crippen LogP contribution in [0.2, 0.25) is 5.02 Å². The van der Waals surface area contributed by atoms with Crippen LogP contribution in [0.4, 0.5) is 5.69 Å². The molecule has 2 aromatic carbocycles. The van der Waals surface area contributed by atoms with Crippen LogP contribution in [-0.4, -0.2) is 23.7 Å². The summed E-state index contributed by atoms with van der Waals surface area (Å²) in [6.45, 7) is 6.66. The minimum Gasteiger partial charge on any atom is -0.494 e. The maximum Gasteiger partial charge on any atom is 0.272 e. The minimum absolute atomic E-state index is 0.153. The summed E-state index contributed by atoms with van der Waals surface area (Å²) in [5, 5.41) is 0.516. The number of hydrogen-bond acceptors (Lipinski definition) is 4. The molecule has 0 spiro atoms. The normalized spacial score (nSPS) is 14.4. The number of para-hydroxylation sites is 1. The first-order valence-corrected chi connectivity index (χ1v) is 10.5. The van der Waals surface area contributed by atoms with Gasteiger partial charge < -0.3 is 4.74 Å². The van der Waals surface area contributed by atoms with Crippen LogP contribution in [0.1, 0.15) is 32.8 Å². The van der Waals surface area contributed by atoms with Crippen molar-refractivity contribution in [3.05, 3.63) is 64.0 Å². The van der Waals surface area contributed by atoms with Gasteiger partial charge in [-0.1, -0.05) is 56.6 Å². The third-order valence-corrected chi connectivity index (χ3v) is 5.51. The molecule has 0 saturated carbocycles. The monoisotopic (exact) mass is 415 g/mol. The fourth-order valence-corrected chi connectivity index (χ4v) is 4.11. The second-order valence-electron chi connectivity index (χ2n) is 6.64. The van der Waals surface area contributed by atoms with Gasteiger partial charge in [0.05, 0.1) is 27.8 Å². The predicted molar refractivity (Wildman–Crippen MR) is 116 cm³/mol. The fraction of sp³-hybridized carbons (Fsp3) is 0.273. The number of imide groups is 1. The highest BCUT2D eigenvalue weighted by Gasteiger charge is 2.41. The van der Waals surface area contributed by atoms with Gasteiger partial charge in [0.2, 0.25) is 0 Å². The van der Waals surface area contributed by atoms with Crippen LogP contribution >= 0.6 is 23.4 Å². The van der Waals surface area contributed by atoms with Gasteiger partial charge in [0.25, 0.3) is 11.8 Å². The molecular weight excluding hydrogens is 394 g/mol. The molecule has 0 saturated heterocycles. The van der Waals surface area contributed by atoms with Crippen LogP contribution in [0.25, 0.3) is 5.57 Å². The van der Waals surface area contributed by atoms with Crippen molar-refractivity contribution >= 4 is 46.4 Å². The first-order chi connectivity index (χ1) is 13.4. The van der Waals surface area contributed by atoms with E-state index >= 15 is 0 Å². The van der Waals surface area contributed by atoms with Crippen LogP contribution in [0, 0.1) is 0 Å². The molecule has 146 valence electrons. The Morgan fingerprint density at radius 3 is 2.32 bits per heavy atom. The highest BCUT2D eigenvalue weighted by Crippen LogP contribution is 2.41. The number of benzene rings is 2. The molecule has 0 aliphatic carbocycles. The molecule has 0 bridgehead atoms. The van der Waals surface area contributed by atoms with Crippen molar-refractivity contribution in [3.63, 3.8) is 0 Å². The van der Waals surface area contributed by atoms with Crippen molar-refractivity contribution in [2.45, 2.75) is 32.4 Å². The second kappa shape index (κ2) is 8.84. The number of ether oxygens (including phenoxy) is 1. The van der Waals surface area contributed by atoms with E-state index in [0.29, 0.717) is 33.4 Å². The Bertz CT molecular complexity index is 922. The molecule has 0 radical (unpaired) electrons. The van der Waals surface area contributed by atoms with Gasteiger partial charge in [-0.2, -0.15) is 0 Å². The van der Waals surface area contributed by atoms with E-state index in [1.165, 1.54) is 16.7 Å². The van der Waals surface area contributed by atoms with E-state index in [2.05, 4.69) is 0 Å². The molecule has 4 nitrogen and oxygen atoms in total. The van der Waals surface area contributed by atoms with Crippen LogP contribution in [0.5, 0.6) is 5.75 Å². The van der Waals surface area contributed by atoms with Crippen molar-refractivity contribution in [3.8, 4) is 5.75 Å². The van der Waals surface area contributed by atoms with Crippen molar-refractivity contribution in [1.29, 1.82) is 0 Å². The van der Waals surface area contributed by atoms with Crippen LogP contribution in [0.15, 0.2) is 53.4 Å². The molecular formula is C22H22ClNO3S. The molecule has 0 aromatic heterocycles. The largest absolute Gasteiger partial charge is 0.494 e. The molecule has 2 aromatic rings. The lowest BCUT2D eigenvalue weighted by atomic mass is 10.1. The highest BCUT2D eigenvalue weighted by atomic mass is 35.5. The molecule has 0 fully saturated rings. The molecule has 1 aliphatic rings. The van der Waals surface area contributed by atoms with Gasteiger partial charge >= 0.3 is 0 Å². The average molecular weight is 416 g/mol. The summed E-state index contributed by atoms with van der Waals surface area (Å²) in [4.78, 5) is 28.0. The third kappa shape index (κ3) is 4.10. The lowest BCUT2D eigenvalue weighted by Crippen LogP contribution is -2.31. The van der Waals surface area contributed by atoms with Gasteiger partial charge in [-0.05, 0) is 36.2 Å². The lowest BCUT2D eigenvalue weighted by Gasteiger charge is -2.16. The number of nitrogens with zero attached hydrogens (tertiary/aromatic N) is 1. The second-order valence-corrected chi connectivity index (χ2v) is 8.63. The van der Waals surface area contributed by atoms with E-state index in [-0.39, 0.29) is 17.1 Å². The number of thioether (sulfide) groups is 1. The zero-order chi connectivity index (χ0) is 20.3. The van der Waals surface area contributed by atoms with Crippen molar-refractivity contribution in [1.82, 2.24) is 0 Å². The van der Waals surface area contributed by atoms with Crippen molar-refractivity contribution in [2.24, 2.45) is 0 Å². The quantitative estimate of drug-likeness (QED) is 0.556. The van der Waals surface area contributed by atoms with Crippen molar-refractivity contribution < 1.29 is 14.3 Å². The maximum atomic E-state index is 13.3. The van der Waals surface area contributed by atoms with E-state index < -0.39 is 0 Å². The maximum absolute atomic E-state index is 13.3. The fourth-order valence-electron chi connectivity index (χ4n) is 2.90. The molecule has 1 aliphatic heterocycles. The highest BCUT2D eigenvalue weighted by molar-refractivity contribution is 8.04. The topological polar surface area (TPSA) is 46.6 Å². The first kappa shape index (κ1) is 20.5. The van der Waals surface area contributed by atoms with Gasteiger partial charge in [0.15, 0.2) is 0 Å². The molecule has 28 heavy (non-hydrogen) atoms. The Kier molecular flexibility index (Phi) is 6.47. The van der Waals surface area contributed by atoms with Crippen LogP contribution < -0.4 is 9.64 Å². The predicted octanol–water partition coefficient (Wildman–Crippen LogP) is 5.55. The zero-order valence-electron chi connectivity index (χ0n) is 16.1. The summed E-state index contributed by atoms with van der Waals surface area (Å²) < 4.78 is 5.62. The van der Waals surface area contributed by atoms with Gasteiger partial charge in [-0.25, -0.2) is 4.90 Å². The van der Waals surface area contributed by atoms with E-state index in [9.17, 15) is 9.59 Å². The lowest BCUT2D eigenvalue weighted by molar-refractivity contribution is -0.119. The molecule has 0 N–H and O–H groups in total. The molecule has 6 heteroatoms.